The van der Waals surface area contributed by atoms with Gasteiger partial charge in [0.1, 0.15) is 0 Å². The Morgan fingerprint density at radius 2 is 2.06 bits per heavy atom. The predicted octanol–water partition coefficient (Wildman–Crippen LogP) is 2.25. The fraction of sp³-hybridized carbons (Fsp3) is 1.00. The van der Waals surface area contributed by atoms with Crippen LogP contribution in [-0.2, 0) is 4.74 Å². The maximum atomic E-state index is 6.11. The van der Waals surface area contributed by atoms with Crippen molar-refractivity contribution in [2.75, 3.05) is 26.8 Å². The summed E-state index contributed by atoms with van der Waals surface area (Å²) in [6, 6.07) is 1.18. The molecule has 0 aromatic rings. The molecule has 0 radical (unpaired) electrons. The number of nitrogens with zero attached hydrogens (tertiary/aromatic N) is 1. The average Bonchev–Trinajstić information content (AvgIpc) is 3.18. The lowest BCUT2D eigenvalue weighted by Gasteiger charge is -2.35. The van der Waals surface area contributed by atoms with Crippen LogP contribution in [0, 0.1) is 11.8 Å². The Hall–Kier alpha value is -0.120. The van der Waals surface area contributed by atoms with Crippen LogP contribution < -0.4 is 5.73 Å². The molecule has 3 atom stereocenters. The maximum absolute atomic E-state index is 6.11. The lowest BCUT2D eigenvalue weighted by atomic mass is 9.85. The minimum absolute atomic E-state index is 0.448. The predicted molar refractivity (Wildman–Crippen MR) is 75.6 cm³/mol. The summed E-state index contributed by atoms with van der Waals surface area (Å²) in [7, 11) is 1.80. The van der Waals surface area contributed by atoms with Crippen molar-refractivity contribution in [2.24, 2.45) is 17.6 Å². The summed E-state index contributed by atoms with van der Waals surface area (Å²) >= 11 is 0. The van der Waals surface area contributed by atoms with E-state index in [4.69, 9.17) is 10.5 Å². The van der Waals surface area contributed by atoms with Crippen LogP contribution in [0.25, 0.3) is 0 Å². The van der Waals surface area contributed by atoms with E-state index in [2.05, 4.69) is 11.8 Å². The van der Waals surface area contributed by atoms with Gasteiger partial charge in [-0.25, -0.2) is 0 Å². The molecule has 0 saturated heterocycles. The molecule has 2 fully saturated rings. The van der Waals surface area contributed by atoms with Crippen LogP contribution in [-0.4, -0.2) is 43.8 Å². The molecule has 0 spiro atoms. The van der Waals surface area contributed by atoms with Crippen LogP contribution in [0.15, 0.2) is 0 Å². The molecule has 2 rings (SSSR count). The topological polar surface area (TPSA) is 38.5 Å². The zero-order valence-corrected chi connectivity index (χ0v) is 12.1. The van der Waals surface area contributed by atoms with Gasteiger partial charge in [0.05, 0.1) is 6.61 Å². The summed E-state index contributed by atoms with van der Waals surface area (Å²) in [5.41, 5.74) is 6.11. The van der Waals surface area contributed by atoms with E-state index in [1.165, 1.54) is 45.1 Å². The van der Waals surface area contributed by atoms with Gasteiger partial charge >= 0.3 is 0 Å². The van der Waals surface area contributed by atoms with Crippen molar-refractivity contribution in [1.29, 1.82) is 0 Å². The summed E-state index contributed by atoms with van der Waals surface area (Å²) in [5, 5.41) is 0. The molecule has 0 aromatic carbocycles. The highest BCUT2D eigenvalue weighted by molar-refractivity contribution is 4.87. The Kier molecular flexibility index (Phi) is 5.46. The minimum atomic E-state index is 0.448. The molecule has 0 heterocycles. The van der Waals surface area contributed by atoms with E-state index >= 15 is 0 Å². The molecule has 3 heteroatoms. The first-order chi connectivity index (χ1) is 8.70. The zero-order chi connectivity index (χ0) is 13.0. The second kappa shape index (κ2) is 6.88. The number of methoxy groups -OCH3 is 1. The first-order valence-corrected chi connectivity index (χ1v) is 7.69. The van der Waals surface area contributed by atoms with Crippen molar-refractivity contribution in [2.45, 2.75) is 57.5 Å². The standard InChI is InChI=1S/C15H30N2O/c1-12(14-6-7-14)17(8-9-18-2)11-13-4-3-5-15(16)10-13/h12-15H,3-11,16H2,1-2H3. The van der Waals surface area contributed by atoms with E-state index in [-0.39, 0.29) is 0 Å². The third-order valence-electron chi connectivity index (χ3n) is 4.78. The van der Waals surface area contributed by atoms with Crippen LogP contribution in [0.2, 0.25) is 0 Å². The maximum Gasteiger partial charge on any atom is 0.0589 e. The van der Waals surface area contributed by atoms with Gasteiger partial charge in [0.25, 0.3) is 0 Å². The molecule has 0 aliphatic heterocycles. The minimum Gasteiger partial charge on any atom is -0.383 e. The third-order valence-corrected chi connectivity index (χ3v) is 4.78. The Morgan fingerprint density at radius 3 is 2.67 bits per heavy atom. The largest absolute Gasteiger partial charge is 0.383 e. The van der Waals surface area contributed by atoms with Gasteiger partial charge in [0, 0.05) is 32.3 Å². The van der Waals surface area contributed by atoms with E-state index in [9.17, 15) is 0 Å². The van der Waals surface area contributed by atoms with Crippen molar-refractivity contribution >= 4 is 0 Å². The van der Waals surface area contributed by atoms with E-state index in [1.807, 2.05) is 0 Å². The summed E-state index contributed by atoms with van der Waals surface area (Å²) in [5.74, 6) is 1.76. The van der Waals surface area contributed by atoms with Crippen molar-refractivity contribution < 1.29 is 4.74 Å². The van der Waals surface area contributed by atoms with Gasteiger partial charge in [-0.05, 0) is 50.9 Å². The van der Waals surface area contributed by atoms with Crippen LogP contribution in [0.3, 0.4) is 0 Å². The first-order valence-electron chi connectivity index (χ1n) is 7.69. The summed E-state index contributed by atoms with van der Waals surface area (Å²) in [6.07, 6.45) is 7.99. The Bertz CT molecular complexity index is 243. The highest BCUT2D eigenvalue weighted by Gasteiger charge is 2.33. The van der Waals surface area contributed by atoms with Crippen molar-refractivity contribution in [1.82, 2.24) is 4.90 Å². The average molecular weight is 254 g/mol. The van der Waals surface area contributed by atoms with E-state index in [0.717, 1.165) is 31.0 Å². The van der Waals surface area contributed by atoms with Crippen LogP contribution in [0.4, 0.5) is 0 Å². The Balaban J connectivity index is 1.82. The molecule has 0 aromatic heterocycles. The Morgan fingerprint density at radius 1 is 1.28 bits per heavy atom. The SMILES string of the molecule is COCCN(CC1CCCC(N)C1)C(C)C1CC1. The van der Waals surface area contributed by atoms with Crippen molar-refractivity contribution in [3.05, 3.63) is 0 Å². The smallest absolute Gasteiger partial charge is 0.0589 e. The number of hydrogen-bond donors (Lipinski definition) is 1. The summed E-state index contributed by atoms with van der Waals surface area (Å²) in [6.45, 7) is 5.57. The molecule has 18 heavy (non-hydrogen) atoms. The molecular weight excluding hydrogens is 224 g/mol. The van der Waals surface area contributed by atoms with E-state index in [0.29, 0.717) is 6.04 Å². The summed E-state index contributed by atoms with van der Waals surface area (Å²) in [4.78, 5) is 2.66. The van der Waals surface area contributed by atoms with Gasteiger partial charge in [0.2, 0.25) is 0 Å². The lowest BCUT2D eigenvalue weighted by molar-refractivity contribution is 0.0939. The molecule has 106 valence electrons. The number of nitrogens with two attached hydrogens (primary N) is 1. The summed E-state index contributed by atoms with van der Waals surface area (Å²) < 4.78 is 5.27. The second-order valence-corrected chi connectivity index (χ2v) is 6.36. The van der Waals surface area contributed by atoms with Gasteiger partial charge in [-0.1, -0.05) is 6.42 Å². The van der Waals surface area contributed by atoms with Gasteiger partial charge in [0.15, 0.2) is 0 Å². The molecule has 2 aliphatic carbocycles. The van der Waals surface area contributed by atoms with Crippen LogP contribution in [0.1, 0.15) is 45.4 Å². The first kappa shape index (κ1) is 14.3. The molecule has 0 bridgehead atoms. The molecule has 3 unspecified atom stereocenters. The van der Waals surface area contributed by atoms with Gasteiger partial charge in [-0.15, -0.1) is 0 Å². The van der Waals surface area contributed by atoms with E-state index < -0.39 is 0 Å². The molecule has 0 amide bonds. The fourth-order valence-corrected chi connectivity index (χ4v) is 3.38. The molecular formula is C15H30N2O. The second-order valence-electron chi connectivity index (χ2n) is 6.36. The number of ether oxygens (including phenoxy) is 1. The van der Waals surface area contributed by atoms with Crippen LogP contribution >= 0.6 is 0 Å². The third kappa shape index (κ3) is 4.22. The number of hydrogen-bond acceptors (Lipinski definition) is 3. The van der Waals surface area contributed by atoms with Crippen molar-refractivity contribution in [3.8, 4) is 0 Å². The molecule has 2 aliphatic rings. The normalized spacial score (nSPS) is 30.7. The van der Waals surface area contributed by atoms with Crippen molar-refractivity contribution in [3.63, 3.8) is 0 Å². The quantitative estimate of drug-likeness (QED) is 0.757. The Labute approximate surface area is 112 Å². The highest BCUT2D eigenvalue weighted by Crippen LogP contribution is 2.36. The monoisotopic (exact) mass is 254 g/mol. The van der Waals surface area contributed by atoms with Gasteiger partial charge in [-0.2, -0.15) is 0 Å². The van der Waals surface area contributed by atoms with Gasteiger partial charge in [-0.3, -0.25) is 4.90 Å². The highest BCUT2D eigenvalue weighted by atomic mass is 16.5. The number of rotatable bonds is 7. The lowest BCUT2D eigenvalue weighted by Crippen LogP contribution is -2.42. The molecule has 2 saturated carbocycles. The van der Waals surface area contributed by atoms with Crippen LogP contribution in [0.5, 0.6) is 0 Å². The zero-order valence-electron chi connectivity index (χ0n) is 12.1. The fourth-order valence-electron chi connectivity index (χ4n) is 3.38. The van der Waals surface area contributed by atoms with E-state index in [1.54, 1.807) is 7.11 Å². The van der Waals surface area contributed by atoms with Gasteiger partial charge < -0.3 is 10.5 Å². The molecule has 2 N–H and O–H groups in total. The molecule has 3 nitrogen and oxygen atoms in total.